The summed E-state index contributed by atoms with van der Waals surface area (Å²) in [7, 11) is 0. The second kappa shape index (κ2) is 5.25. The summed E-state index contributed by atoms with van der Waals surface area (Å²) in [6.45, 7) is 5.51. The molecule has 0 aliphatic heterocycles. The van der Waals surface area contributed by atoms with Crippen molar-refractivity contribution in [2.75, 3.05) is 0 Å². The number of nitrogens with one attached hydrogen (secondary N) is 1. The second-order valence-electron chi connectivity index (χ2n) is 3.47. The lowest BCUT2D eigenvalue weighted by Crippen LogP contribution is -2.31. The molecule has 0 bridgehead atoms. The molecule has 0 aliphatic rings. The minimum absolute atomic E-state index is 0.0114. The molecule has 1 N–H and O–H groups in total. The maximum Gasteiger partial charge on any atom is 0.269 e. The van der Waals surface area contributed by atoms with Gasteiger partial charge in [0.2, 0.25) is 0 Å². The van der Waals surface area contributed by atoms with Crippen LogP contribution in [-0.4, -0.2) is 16.9 Å². The molecule has 0 aromatic heterocycles. The summed E-state index contributed by atoms with van der Waals surface area (Å²) in [5.74, 6) is -0.244. The number of nitro groups is 1. The van der Waals surface area contributed by atoms with Crippen molar-refractivity contribution in [2.45, 2.75) is 19.4 Å². The van der Waals surface area contributed by atoms with Crippen molar-refractivity contribution in [2.24, 2.45) is 0 Å². The fraction of sp³-hybridized carbons (Fsp3) is 0.273. The third kappa shape index (κ3) is 3.05. The van der Waals surface area contributed by atoms with E-state index in [1.165, 1.54) is 24.3 Å². The summed E-state index contributed by atoms with van der Waals surface area (Å²) in [6.07, 6.45) is 0.596. The van der Waals surface area contributed by atoms with Crippen molar-refractivity contribution in [1.82, 2.24) is 5.32 Å². The number of non-ortho nitro benzene ring substituents is 1. The molecule has 85 valence electrons. The van der Waals surface area contributed by atoms with Crippen LogP contribution in [0.15, 0.2) is 24.3 Å². The normalized spacial score (nSPS) is 11.9. The molecule has 16 heavy (non-hydrogen) atoms. The van der Waals surface area contributed by atoms with Crippen LogP contribution in [0, 0.1) is 17.0 Å². The van der Waals surface area contributed by atoms with Crippen LogP contribution in [0.1, 0.15) is 23.7 Å². The van der Waals surface area contributed by atoms with Gasteiger partial charge in [-0.1, -0.05) is 6.92 Å². The Kier molecular flexibility index (Phi) is 3.99. The summed E-state index contributed by atoms with van der Waals surface area (Å²) in [4.78, 5) is 21.5. The largest absolute Gasteiger partial charge is 0.350 e. The molecule has 1 radical (unpaired) electrons. The molecule has 1 aromatic carbocycles. The average Bonchev–Trinajstić information content (AvgIpc) is 2.28. The number of nitro benzene ring substituents is 1. The molecule has 5 heteroatoms. The van der Waals surface area contributed by atoms with Crippen LogP contribution in [0.5, 0.6) is 0 Å². The lowest BCUT2D eigenvalue weighted by molar-refractivity contribution is -0.384. The molecule has 5 nitrogen and oxygen atoms in total. The van der Waals surface area contributed by atoms with Crippen LogP contribution in [0.3, 0.4) is 0 Å². The first-order chi connectivity index (χ1) is 7.54. The second-order valence-corrected chi connectivity index (χ2v) is 3.47. The number of hydrogen-bond acceptors (Lipinski definition) is 3. The van der Waals surface area contributed by atoms with Crippen molar-refractivity contribution in [3.8, 4) is 0 Å². The Morgan fingerprint density at radius 1 is 1.50 bits per heavy atom. The molecule has 0 heterocycles. The Hall–Kier alpha value is -1.91. The molecule has 0 saturated heterocycles. The van der Waals surface area contributed by atoms with Gasteiger partial charge < -0.3 is 5.32 Å². The molecule has 1 unspecified atom stereocenters. The molecular formula is C11H13N2O3. The highest BCUT2D eigenvalue weighted by Crippen LogP contribution is 2.11. The topological polar surface area (TPSA) is 72.2 Å². The van der Waals surface area contributed by atoms with E-state index in [1.54, 1.807) is 0 Å². The van der Waals surface area contributed by atoms with Crippen LogP contribution in [0.4, 0.5) is 5.69 Å². The first kappa shape index (κ1) is 12.2. The first-order valence-corrected chi connectivity index (χ1v) is 4.89. The fourth-order valence-electron chi connectivity index (χ4n) is 1.11. The minimum Gasteiger partial charge on any atom is -0.350 e. The number of carbonyl (C=O) groups is 1. The van der Waals surface area contributed by atoms with Crippen LogP contribution in [-0.2, 0) is 0 Å². The van der Waals surface area contributed by atoms with Gasteiger partial charge in [-0.05, 0) is 25.5 Å². The highest BCUT2D eigenvalue weighted by molar-refractivity contribution is 5.94. The summed E-state index contributed by atoms with van der Waals surface area (Å²) >= 11 is 0. The maximum atomic E-state index is 11.6. The lowest BCUT2D eigenvalue weighted by atomic mass is 10.1. The number of amides is 1. The lowest BCUT2D eigenvalue weighted by Gasteiger charge is -2.10. The Morgan fingerprint density at radius 2 is 2.06 bits per heavy atom. The quantitative estimate of drug-likeness (QED) is 0.623. The SMILES string of the molecule is [CH2]CC(C)NC(=O)c1ccc([N+](=O)[O-])cc1. The Bertz CT molecular complexity index is 387. The van der Waals surface area contributed by atoms with Gasteiger partial charge in [0.15, 0.2) is 0 Å². The smallest absolute Gasteiger partial charge is 0.269 e. The summed E-state index contributed by atoms with van der Waals surface area (Å²) in [5.41, 5.74) is 0.382. The molecular weight excluding hydrogens is 208 g/mol. The van der Waals surface area contributed by atoms with Crippen molar-refractivity contribution >= 4 is 11.6 Å². The van der Waals surface area contributed by atoms with Crippen molar-refractivity contribution < 1.29 is 9.72 Å². The third-order valence-corrected chi connectivity index (χ3v) is 2.15. The zero-order valence-corrected chi connectivity index (χ0v) is 8.97. The van der Waals surface area contributed by atoms with E-state index in [0.717, 1.165) is 0 Å². The van der Waals surface area contributed by atoms with Gasteiger partial charge >= 0.3 is 0 Å². The number of benzene rings is 1. The number of carbonyl (C=O) groups excluding carboxylic acids is 1. The highest BCUT2D eigenvalue weighted by Gasteiger charge is 2.10. The van der Waals surface area contributed by atoms with Crippen LogP contribution in [0.25, 0.3) is 0 Å². The third-order valence-electron chi connectivity index (χ3n) is 2.15. The van der Waals surface area contributed by atoms with Crippen LogP contribution >= 0.6 is 0 Å². The van der Waals surface area contributed by atoms with Gasteiger partial charge in [0.05, 0.1) is 4.92 Å². The van der Waals surface area contributed by atoms with Crippen molar-refractivity contribution in [3.05, 3.63) is 46.9 Å². The summed E-state index contributed by atoms with van der Waals surface area (Å²) in [6, 6.07) is 5.47. The predicted molar refractivity (Wildman–Crippen MR) is 60.0 cm³/mol. The zero-order chi connectivity index (χ0) is 12.1. The van der Waals surface area contributed by atoms with Gasteiger partial charge in [-0.3, -0.25) is 14.9 Å². The molecule has 0 saturated carbocycles. The van der Waals surface area contributed by atoms with Crippen LogP contribution < -0.4 is 5.32 Å². The minimum atomic E-state index is -0.500. The van der Waals surface area contributed by atoms with Gasteiger partial charge in [0.1, 0.15) is 0 Å². The van der Waals surface area contributed by atoms with E-state index in [1.807, 2.05) is 6.92 Å². The molecule has 1 atom stereocenters. The number of hydrogen-bond donors (Lipinski definition) is 1. The number of nitrogens with zero attached hydrogens (tertiary/aromatic N) is 1. The van der Waals surface area contributed by atoms with Gasteiger partial charge in [-0.25, -0.2) is 0 Å². The Balaban J connectivity index is 2.74. The van der Waals surface area contributed by atoms with E-state index in [9.17, 15) is 14.9 Å². The average molecular weight is 221 g/mol. The van der Waals surface area contributed by atoms with E-state index in [0.29, 0.717) is 12.0 Å². The molecule has 0 fully saturated rings. The van der Waals surface area contributed by atoms with E-state index in [2.05, 4.69) is 12.2 Å². The fourth-order valence-corrected chi connectivity index (χ4v) is 1.11. The summed E-state index contributed by atoms with van der Waals surface area (Å²) in [5, 5.41) is 13.1. The highest BCUT2D eigenvalue weighted by atomic mass is 16.6. The Labute approximate surface area is 93.6 Å². The monoisotopic (exact) mass is 221 g/mol. The Morgan fingerprint density at radius 3 is 2.50 bits per heavy atom. The van der Waals surface area contributed by atoms with Gasteiger partial charge in [-0.2, -0.15) is 0 Å². The van der Waals surface area contributed by atoms with E-state index in [-0.39, 0.29) is 17.6 Å². The molecule has 1 amide bonds. The number of rotatable bonds is 4. The van der Waals surface area contributed by atoms with Gasteiger partial charge in [0.25, 0.3) is 11.6 Å². The zero-order valence-electron chi connectivity index (χ0n) is 8.97. The summed E-state index contributed by atoms with van der Waals surface area (Å²) < 4.78 is 0. The van der Waals surface area contributed by atoms with Gasteiger partial charge in [-0.15, -0.1) is 0 Å². The molecule has 1 aromatic rings. The van der Waals surface area contributed by atoms with E-state index < -0.39 is 4.92 Å². The molecule has 1 rings (SSSR count). The van der Waals surface area contributed by atoms with E-state index in [4.69, 9.17) is 0 Å². The van der Waals surface area contributed by atoms with Crippen LogP contribution in [0.2, 0.25) is 0 Å². The predicted octanol–water partition coefficient (Wildman–Crippen LogP) is 1.94. The van der Waals surface area contributed by atoms with Gasteiger partial charge in [0, 0.05) is 23.7 Å². The molecule has 0 spiro atoms. The first-order valence-electron chi connectivity index (χ1n) is 4.89. The maximum absolute atomic E-state index is 11.6. The molecule has 0 aliphatic carbocycles. The standard InChI is InChI=1S/C11H13N2O3/c1-3-8(2)12-11(14)9-4-6-10(7-5-9)13(15)16/h4-8H,1,3H2,2H3,(H,12,14). The van der Waals surface area contributed by atoms with E-state index >= 15 is 0 Å². The van der Waals surface area contributed by atoms with Crippen molar-refractivity contribution in [1.29, 1.82) is 0 Å². The van der Waals surface area contributed by atoms with Crippen molar-refractivity contribution in [3.63, 3.8) is 0 Å².